The molecule has 1 amide bonds. The highest BCUT2D eigenvalue weighted by Gasteiger charge is 2.21. The number of carbonyl (C=O) groups is 1. The molecule has 0 N–H and O–H groups in total. The fourth-order valence-corrected chi connectivity index (χ4v) is 4.59. The van der Waals surface area contributed by atoms with Gasteiger partial charge in [0.05, 0.1) is 12.2 Å². The Balaban J connectivity index is 1.21. The highest BCUT2D eigenvalue weighted by molar-refractivity contribution is 5.76. The molecule has 28 heavy (non-hydrogen) atoms. The van der Waals surface area contributed by atoms with Gasteiger partial charge in [0.2, 0.25) is 5.91 Å². The van der Waals surface area contributed by atoms with Crippen molar-refractivity contribution in [1.82, 2.24) is 24.5 Å². The molecule has 0 unspecified atom stereocenters. The summed E-state index contributed by atoms with van der Waals surface area (Å²) in [5, 5.41) is 4.63. The lowest BCUT2D eigenvalue weighted by molar-refractivity contribution is -0.133. The molecule has 2 aliphatic heterocycles. The standard InChI is InChI=1S/C21H33N5O2/c27-20-7-3-4-8-25(20)15-13-23-9-11-24(12-10-23)14-16-26-21(28)17-18-5-1-2-6-19(18)22-26/h17H,1-16H2. The molecule has 0 aromatic carbocycles. The average molecular weight is 388 g/mol. The summed E-state index contributed by atoms with van der Waals surface area (Å²) in [5.74, 6) is 0.327. The lowest BCUT2D eigenvalue weighted by atomic mass is 9.97. The lowest BCUT2D eigenvalue weighted by Gasteiger charge is -2.36. The van der Waals surface area contributed by atoms with Crippen LogP contribution in [0, 0.1) is 0 Å². The van der Waals surface area contributed by atoms with Gasteiger partial charge in [0.1, 0.15) is 0 Å². The van der Waals surface area contributed by atoms with E-state index in [9.17, 15) is 9.59 Å². The topological polar surface area (TPSA) is 61.7 Å². The van der Waals surface area contributed by atoms with Crippen molar-refractivity contribution in [2.45, 2.75) is 51.5 Å². The Morgan fingerprint density at radius 3 is 2.18 bits per heavy atom. The number of hydrogen-bond donors (Lipinski definition) is 0. The first kappa shape index (κ1) is 19.6. The van der Waals surface area contributed by atoms with E-state index in [0.717, 1.165) is 95.7 Å². The number of amides is 1. The van der Waals surface area contributed by atoms with Gasteiger partial charge in [0.25, 0.3) is 5.56 Å². The minimum Gasteiger partial charge on any atom is -0.341 e. The van der Waals surface area contributed by atoms with E-state index >= 15 is 0 Å². The molecule has 7 nitrogen and oxygen atoms in total. The number of likely N-dealkylation sites (tertiary alicyclic amines) is 1. The van der Waals surface area contributed by atoms with Crippen molar-refractivity contribution in [3.05, 3.63) is 27.7 Å². The molecule has 3 heterocycles. The zero-order valence-corrected chi connectivity index (χ0v) is 16.9. The fourth-order valence-electron chi connectivity index (χ4n) is 4.59. The molecule has 2 fully saturated rings. The summed E-state index contributed by atoms with van der Waals surface area (Å²) in [6, 6.07) is 1.81. The van der Waals surface area contributed by atoms with Gasteiger partial charge in [-0.1, -0.05) is 0 Å². The smallest absolute Gasteiger partial charge is 0.267 e. The second kappa shape index (κ2) is 9.18. The number of piperazine rings is 1. The van der Waals surface area contributed by atoms with Crippen LogP contribution in [-0.2, 0) is 24.2 Å². The molecule has 0 atom stereocenters. The van der Waals surface area contributed by atoms with E-state index in [-0.39, 0.29) is 5.56 Å². The Morgan fingerprint density at radius 2 is 1.43 bits per heavy atom. The van der Waals surface area contributed by atoms with Gasteiger partial charge in [-0.2, -0.15) is 5.10 Å². The van der Waals surface area contributed by atoms with Crippen LogP contribution in [0.25, 0.3) is 0 Å². The minimum atomic E-state index is 0.0467. The Bertz CT molecular complexity index is 739. The van der Waals surface area contributed by atoms with Gasteiger partial charge in [-0.25, -0.2) is 4.68 Å². The van der Waals surface area contributed by atoms with Gasteiger partial charge in [0.15, 0.2) is 0 Å². The molecule has 0 spiro atoms. The van der Waals surface area contributed by atoms with Crippen LogP contribution in [0.1, 0.15) is 43.4 Å². The van der Waals surface area contributed by atoms with Crippen LogP contribution in [0.3, 0.4) is 0 Å². The summed E-state index contributed by atoms with van der Waals surface area (Å²) in [6.07, 6.45) is 7.30. The monoisotopic (exact) mass is 387 g/mol. The summed E-state index contributed by atoms with van der Waals surface area (Å²) in [4.78, 5) is 31.2. The molecule has 0 saturated carbocycles. The molecule has 0 radical (unpaired) electrons. The third-order valence-corrected chi connectivity index (χ3v) is 6.47. The van der Waals surface area contributed by atoms with Crippen molar-refractivity contribution in [3.8, 4) is 0 Å². The maximum atomic E-state index is 12.3. The van der Waals surface area contributed by atoms with Crippen molar-refractivity contribution in [1.29, 1.82) is 0 Å². The maximum Gasteiger partial charge on any atom is 0.267 e. The van der Waals surface area contributed by atoms with E-state index in [4.69, 9.17) is 0 Å². The van der Waals surface area contributed by atoms with Crippen LogP contribution in [0.5, 0.6) is 0 Å². The third kappa shape index (κ3) is 4.81. The van der Waals surface area contributed by atoms with Crippen molar-refractivity contribution in [3.63, 3.8) is 0 Å². The Kier molecular flexibility index (Phi) is 6.42. The normalized spacial score (nSPS) is 21.7. The van der Waals surface area contributed by atoms with Crippen molar-refractivity contribution in [2.75, 3.05) is 52.4 Å². The zero-order chi connectivity index (χ0) is 19.3. The quantitative estimate of drug-likeness (QED) is 0.721. The first-order valence-corrected chi connectivity index (χ1v) is 11.0. The molecule has 154 valence electrons. The summed E-state index contributed by atoms with van der Waals surface area (Å²) < 4.78 is 1.67. The van der Waals surface area contributed by atoms with Crippen LogP contribution >= 0.6 is 0 Å². The summed E-state index contributed by atoms with van der Waals surface area (Å²) in [5.41, 5.74) is 2.33. The molecule has 3 aliphatic rings. The number of aryl methyl sites for hydroxylation is 2. The van der Waals surface area contributed by atoms with Crippen molar-refractivity contribution < 1.29 is 4.79 Å². The van der Waals surface area contributed by atoms with Crippen LogP contribution in [0.4, 0.5) is 0 Å². The van der Waals surface area contributed by atoms with E-state index in [1.165, 1.54) is 12.8 Å². The number of hydrogen-bond acceptors (Lipinski definition) is 5. The van der Waals surface area contributed by atoms with Gasteiger partial charge in [-0.15, -0.1) is 0 Å². The van der Waals surface area contributed by atoms with Crippen LogP contribution in [0.15, 0.2) is 10.9 Å². The highest BCUT2D eigenvalue weighted by Crippen LogP contribution is 2.17. The Hall–Kier alpha value is -1.73. The molecular formula is C21H33N5O2. The van der Waals surface area contributed by atoms with Crippen molar-refractivity contribution >= 4 is 5.91 Å². The van der Waals surface area contributed by atoms with Gasteiger partial charge >= 0.3 is 0 Å². The molecular weight excluding hydrogens is 354 g/mol. The number of fused-ring (bicyclic) bond motifs is 1. The molecule has 1 aromatic heterocycles. The zero-order valence-electron chi connectivity index (χ0n) is 16.9. The molecule has 1 aromatic rings. The predicted molar refractivity (Wildman–Crippen MR) is 108 cm³/mol. The number of carbonyl (C=O) groups excluding carboxylic acids is 1. The number of piperidine rings is 1. The second-order valence-electron chi connectivity index (χ2n) is 8.41. The number of nitrogens with zero attached hydrogens (tertiary/aromatic N) is 5. The molecule has 7 heteroatoms. The van der Waals surface area contributed by atoms with Crippen molar-refractivity contribution in [2.24, 2.45) is 0 Å². The van der Waals surface area contributed by atoms with Gasteiger partial charge in [-0.3, -0.25) is 19.4 Å². The molecule has 4 rings (SSSR count). The van der Waals surface area contributed by atoms with Gasteiger partial charge in [0, 0.05) is 64.8 Å². The number of aromatic nitrogens is 2. The van der Waals surface area contributed by atoms with E-state index in [1.54, 1.807) is 10.7 Å². The summed E-state index contributed by atoms with van der Waals surface area (Å²) in [6.45, 7) is 8.45. The third-order valence-electron chi connectivity index (χ3n) is 6.47. The SMILES string of the molecule is O=C1CCCCN1CCN1CCN(CCn2nc3c(cc2=O)CCCC3)CC1. The predicted octanol–water partition coefficient (Wildman–Crippen LogP) is 0.752. The van der Waals surface area contributed by atoms with E-state index in [1.807, 2.05) is 4.90 Å². The molecule has 0 bridgehead atoms. The lowest BCUT2D eigenvalue weighted by Crippen LogP contribution is -2.50. The van der Waals surface area contributed by atoms with Crippen LogP contribution in [0.2, 0.25) is 0 Å². The average Bonchev–Trinajstić information content (AvgIpc) is 2.72. The highest BCUT2D eigenvalue weighted by atomic mass is 16.2. The van der Waals surface area contributed by atoms with E-state index in [2.05, 4.69) is 14.9 Å². The largest absolute Gasteiger partial charge is 0.341 e. The Morgan fingerprint density at radius 1 is 0.750 bits per heavy atom. The summed E-state index contributed by atoms with van der Waals surface area (Å²) >= 11 is 0. The fraction of sp³-hybridized carbons (Fsp3) is 0.762. The Labute approximate surface area is 167 Å². The minimum absolute atomic E-state index is 0.0467. The van der Waals surface area contributed by atoms with Crippen LogP contribution < -0.4 is 5.56 Å². The first-order valence-electron chi connectivity index (χ1n) is 11.0. The van der Waals surface area contributed by atoms with Gasteiger partial charge in [-0.05, 0) is 44.1 Å². The second-order valence-corrected chi connectivity index (χ2v) is 8.41. The number of rotatable bonds is 6. The molecule has 2 saturated heterocycles. The van der Waals surface area contributed by atoms with E-state index < -0.39 is 0 Å². The first-order chi connectivity index (χ1) is 13.7. The van der Waals surface area contributed by atoms with Crippen LogP contribution in [-0.4, -0.2) is 82.7 Å². The molecule has 1 aliphatic carbocycles. The van der Waals surface area contributed by atoms with E-state index in [0.29, 0.717) is 12.5 Å². The van der Waals surface area contributed by atoms with Gasteiger partial charge < -0.3 is 4.90 Å². The summed E-state index contributed by atoms with van der Waals surface area (Å²) in [7, 11) is 0. The maximum absolute atomic E-state index is 12.3.